The van der Waals surface area contributed by atoms with Crippen LogP contribution >= 0.6 is 11.3 Å². The quantitative estimate of drug-likeness (QED) is 0.511. The highest BCUT2D eigenvalue weighted by molar-refractivity contribution is 7.22. The second-order valence-electron chi connectivity index (χ2n) is 8.50. The number of carbonyl (C=O) groups excluding carboxylic acids is 2. The van der Waals surface area contributed by atoms with Gasteiger partial charge in [-0.2, -0.15) is 4.98 Å². The zero-order valence-corrected chi connectivity index (χ0v) is 20.4. The zero-order valence-electron chi connectivity index (χ0n) is 19.5. The number of carbonyl (C=O) groups is 2. The lowest BCUT2D eigenvalue weighted by atomic mass is 9.97. The molecule has 0 bridgehead atoms. The summed E-state index contributed by atoms with van der Waals surface area (Å²) in [5.74, 6) is -0.315. The van der Waals surface area contributed by atoms with E-state index in [0.717, 1.165) is 32.2 Å². The first-order valence-electron chi connectivity index (χ1n) is 11.8. The Balaban J connectivity index is 1.46. The number of thiazole rings is 1. The van der Waals surface area contributed by atoms with Crippen molar-refractivity contribution in [1.82, 2.24) is 19.9 Å². The van der Waals surface area contributed by atoms with Gasteiger partial charge in [0.25, 0.3) is 5.56 Å². The van der Waals surface area contributed by atoms with Gasteiger partial charge in [-0.3, -0.25) is 19.0 Å². The van der Waals surface area contributed by atoms with E-state index in [-0.39, 0.29) is 29.8 Å². The van der Waals surface area contributed by atoms with Crippen molar-refractivity contribution in [3.05, 3.63) is 46.5 Å². The highest BCUT2D eigenvalue weighted by Crippen LogP contribution is 2.29. The third-order valence-corrected chi connectivity index (χ3v) is 7.04. The van der Waals surface area contributed by atoms with E-state index >= 15 is 0 Å². The Morgan fingerprint density at radius 2 is 2.00 bits per heavy atom. The molecule has 0 aliphatic carbocycles. The molecule has 1 fully saturated rings. The minimum absolute atomic E-state index is 0.0727. The molecule has 0 spiro atoms. The summed E-state index contributed by atoms with van der Waals surface area (Å²) >= 11 is 1.27. The standard InChI is InChI=1S/C24H30N6O3S/c1-3-11-25-22(32)17-6-5-12-29(13-17)24-28-21-20(34-24)23(33)30(15-26-21)14-19(31)27-18-9-7-16(4-2)8-10-18/h7-10,15,17H,3-6,11-14H2,1-2H3,(H,25,32)(H,27,31)/t17-/m0/s1. The smallest absolute Gasteiger partial charge is 0.273 e. The van der Waals surface area contributed by atoms with Crippen LogP contribution in [0.1, 0.15) is 38.7 Å². The fourth-order valence-corrected chi connectivity index (χ4v) is 5.02. The minimum atomic E-state index is -0.297. The van der Waals surface area contributed by atoms with E-state index in [4.69, 9.17) is 0 Å². The van der Waals surface area contributed by atoms with Crippen molar-refractivity contribution in [3.63, 3.8) is 0 Å². The van der Waals surface area contributed by atoms with Crippen LogP contribution in [0.3, 0.4) is 0 Å². The Morgan fingerprint density at radius 1 is 1.21 bits per heavy atom. The molecule has 2 N–H and O–H groups in total. The van der Waals surface area contributed by atoms with Gasteiger partial charge >= 0.3 is 0 Å². The molecule has 2 amide bonds. The summed E-state index contributed by atoms with van der Waals surface area (Å²) in [6, 6.07) is 7.63. The van der Waals surface area contributed by atoms with Gasteiger partial charge in [0.2, 0.25) is 11.8 Å². The molecule has 1 atom stereocenters. The Hall–Kier alpha value is -3.27. The summed E-state index contributed by atoms with van der Waals surface area (Å²) in [6.45, 7) is 6.00. The molecule has 1 aromatic carbocycles. The summed E-state index contributed by atoms with van der Waals surface area (Å²) in [7, 11) is 0. The van der Waals surface area contributed by atoms with E-state index in [0.29, 0.717) is 34.3 Å². The van der Waals surface area contributed by atoms with Gasteiger partial charge in [0.1, 0.15) is 17.6 Å². The molecule has 0 unspecified atom stereocenters. The SMILES string of the molecule is CCCNC(=O)[C@H]1CCCN(c2nc3ncn(CC(=O)Nc4ccc(CC)cc4)c(=O)c3s2)C1. The Morgan fingerprint density at radius 3 is 2.74 bits per heavy atom. The van der Waals surface area contributed by atoms with Gasteiger partial charge in [0.15, 0.2) is 10.8 Å². The maximum Gasteiger partial charge on any atom is 0.273 e. The number of amides is 2. The maximum absolute atomic E-state index is 13.0. The third-order valence-electron chi connectivity index (χ3n) is 5.94. The molecule has 180 valence electrons. The predicted octanol–water partition coefficient (Wildman–Crippen LogP) is 2.80. The van der Waals surface area contributed by atoms with Crippen molar-refractivity contribution < 1.29 is 9.59 Å². The molecule has 3 aromatic rings. The number of anilines is 2. The summed E-state index contributed by atoms with van der Waals surface area (Å²) < 4.78 is 1.72. The number of rotatable bonds is 8. The van der Waals surface area contributed by atoms with Gasteiger partial charge in [-0.25, -0.2) is 4.98 Å². The van der Waals surface area contributed by atoms with Crippen LogP contribution in [-0.4, -0.2) is 46.0 Å². The Labute approximate surface area is 202 Å². The van der Waals surface area contributed by atoms with Crippen molar-refractivity contribution in [2.75, 3.05) is 29.9 Å². The van der Waals surface area contributed by atoms with E-state index in [2.05, 4.69) is 32.4 Å². The lowest BCUT2D eigenvalue weighted by Crippen LogP contribution is -2.43. The fraction of sp³-hybridized carbons (Fsp3) is 0.458. The number of nitrogens with one attached hydrogen (secondary N) is 2. The largest absolute Gasteiger partial charge is 0.356 e. The highest BCUT2D eigenvalue weighted by atomic mass is 32.1. The second-order valence-corrected chi connectivity index (χ2v) is 9.48. The lowest BCUT2D eigenvalue weighted by Gasteiger charge is -2.31. The number of hydrogen-bond donors (Lipinski definition) is 2. The van der Waals surface area contributed by atoms with Crippen LogP contribution in [0.2, 0.25) is 0 Å². The minimum Gasteiger partial charge on any atom is -0.356 e. The first-order valence-corrected chi connectivity index (χ1v) is 12.6. The van der Waals surface area contributed by atoms with Crippen molar-refractivity contribution in [1.29, 1.82) is 0 Å². The average molecular weight is 483 g/mol. The first kappa shape index (κ1) is 23.9. The van der Waals surface area contributed by atoms with Gasteiger partial charge < -0.3 is 15.5 Å². The van der Waals surface area contributed by atoms with Crippen LogP contribution in [0.4, 0.5) is 10.8 Å². The lowest BCUT2D eigenvalue weighted by molar-refractivity contribution is -0.125. The van der Waals surface area contributed by atoms with Gasteiger partial charge in [-0.05, 0) is 43.4 Å². The molecule has 1 aliphatic rings. The Bertz CT molecular complexity index is 1220. The van der Waals surface area contributed by atoms with Crippen LogP contribution in [0.15, 0.2) is 35.4 Å². The van der Waals surface area contributed by atoms with Crippen molar-refractivity contribution in [2.45, 2.75) is 46.1 Å². The maximum atomic E-state index is 13.0. The van der Waals surface area contributed by atoms with E-state index < -0.39 is 0 Å². The zero-order chi connectivity index (χ0) is 24.1. The van der Waals surface area contributed by atoms with Gasteiger partial charge in [0.05, 0.1) is 5.92 Å². The highest BCUT2D eigenvalue weighted by Gasteiger charge is 2.27. The number of aromatic nitrogens is 3. The molecular weight excluding hydrogens is 452 g/mol. The first-order chi connectivity index (χ1) is 16.5. The molecule has 1 aliphatic heterocycles. The van der Waals surface area contributed by atoms with Crippen molar-refractivity contribution >= 4 is 44.3 Å². The van der Waals surface area contributed by atoms with E-state index in [1.165, 1.54) is 27.8 Å². The molecule has 2 aromatic heterocycles. The van der Waals surface area contributed by atoms with Crippen molar-refractivity contribution in [3.8, 4) is 0 Å². The van der Waals surface area contributed by atoms with E-state index in [1.54, 1.807) is 0 Å². The second kappa shape index (κ2) is 10.8. The van der Waals surface area contributed by atoms with Gasteiger partial charge in [-0.15, -0.1) is 0 Å². The molecule has 34 heavy (non-hydrogen) atoms. The number of piperidine rings is 1. The predicted molar refractivity (Wildman–Crippen MR) is 134 cm³/mol. The fourth-order valence-electron chi connectivity index (χ4n) is 4.02. The number of aryl methyl sites for hydroxylation is 1. The molecule has 9 nitrogen and oxygen atoms in total. The van der Waals surface area contributed by atoms with E-state index in [1.807, 2.05) is 31.2 Å². The molecule has 3 heterocycles. The number of benzene rings is 1. The normalized spacial score (nSPS) is 15.9. The van der Waals surface area contributed by atoms with Crippen LogP contribution in [0.5, 0.6) is 0 Å². The number of hydrogen-bond acceptors (Lipinski definition) is 7. The molecule has 1 saturated heterocycles. The van der Waals surface area contributed by atoms with Gasteiger partial charge in [0, 0.05) is 25.3 Å². The molecule has 10 heteroatoms. The van der Waals surface area contributed by atoms with E-state index in [9.17, 15) is 14.4 Å². The molecule has 4 rings (SSSR count). The van der Waals surface area contributed by atoms with Crippen LogP contribution in [0, 0.1) is 5.92 Å². The summed E-state index contributed by atoms with van der Waals surface area (Å²) in [6.07, 6.45) is 4.93. The summed E-state index contributed by atoms with van der Waals surface area (Å²) in [4.78, 5) is 48.8. The summed E-state index contributed by atoms with van der Waals surface area (Å²) in [5.41, 5.74) is 1.95. The monoisotopic (exact) mass is 482 g/mol. The molecule has 0 saturated carbocycles. The van der Waals surface area contributed by atoms with Gasteiger partial charge in [-0.1, -0.05) is 37.3 Å². The molecule has 0 radical (unpaired) electrons. The molecular formula is C24H30N6O3S. The number of fused-ring (bicyclic) bond motifs is 1. The third kappa shape index (κ3) is 5.44. The van der Waals surface area contributed by atoms with Crippen LogP contribution in [-0.2, 0) is 22.6 Å². The van der Waals surface area contributed by atoms with Crippen molar-refractivity contribution in [2.24, 2.45) is 5.92 Å². The summed E-state index contributed by atoms with van der Waals surface area (Å²) in [5, 5.41) is 6.48. The Kier molecular flexibility index (Phi) is 7.56. The average Bonchev–Trinajstić information content (AvgIpc) is 3.30. The number of nitrogens with zero attached hydrogens (tertiary/aromatic N) is 4. The van der Waals surface area contributed by atoms with Crippen LogP contribution in [0.25, 0.3) is 10.3 Å². The topological polar surface area (TPSA) is 109 Å². The van der Waals surface area contributed by atoms with Crippen LogP contribution < -0.4 is 21.1 Å².